The fourth-order valence-electron chi connectivity index (χ4n) is 3.19. The third kappa shape index (κ3) is 6.15. The van der Waals surface area contributed by atoms with Crippen LogP contribution in [0.5, 0.6) is 11.5 Å². The Bertz CT molecular complexity index is 1430. The molecule has 0 heterocycles. The van der Waals surface area contributed by atoms with Crippen LogP contribution in [-0.4, -0.2) is 24.7 Å². The average Bonchev–Trinajstić information content (AvgIpc) is 2.84. The third-order valence-electron chi connectivity index (χ3n) is 4.85. The van der Waals surface area contributed by atoms with E-state index in [2.05, 4.69) is 10.5 Å². The summed E-state index contributed by atoms with van der Waals surface area (Å²) in [5.74, 6) is -1.04. The van der Waals surface area contributed by atoms with Crippen LogP contribution in [0, 0.1) is 5.82 Å². The molecule has 0 aromatic heterocycles. The number of fused-ring (bicyclic) bond motifs is 1. The van der Waals surface area contributed by atoms with Crippen molar-refractivity contribution >= 4 is 52.1 Å². The number of halogens is 3. The number of hydrogen-bond acceptors (Lipinski definition) is 5. The minimum Gasteiger partial charge on any atom is -0.484 e. The van der Waals surface area contributed by atoms with Gasteiger partial charge < -0.3 is 9.47 Å². The molecule has 6 nitrogen and oxygen atoms in total. The van der Waals surface area contributed by atoms with E-state index in [1.807, 2.05) is 24.3 Å². The van der Waals surface area contributed by atoms with Crippen molar-refractivity contribution in [2.45, 2.75) is 0 Å². The fraction of sp³-hybridized carbons (Fsp3) is 0.0385. The van der Waals surface area contributed by atoms with Crippen molar-refractivity contribution in [3.8, 4) is 11.5 Å². The number of hydrogen-bond donors (Lipinski definition) is 1. The van der Waals surface area contributed by atoms with Gasteiger partial charge in [-0.1, -0.05) is 53.5 Å². The minimum absolute atomic E-state index is 0.151. The molecule has 0 saturated carbocycles. The number of esters is 1. The van der Waals surface area contributed by atoms with Crippen LogP contribution in [0.4, 0.5) is 4.39 Å². The Morgan fingerprint density at radius 1 is 0.971 bits per heavy atom. The van der Waals surface area contributed by atoms with Crippen LogP contribution in [0.3, 0.4) is 0 Å². The molecule has 176 valence electrons. The van der Waals surface area contributed by atoms with Crippen molar-refractivity contribution in [1.82, 2.24) is 5.43 Å². The maximum Gasteiger partial charge on any atom is 0.345 e. The quantitative estimate of drug-likeness (QED) is 0.142. The van der Waals surface area contributed by atoms with Gasteiger partial charge in [-0.25, -0.2) is 14.6 Å². The molecule has 9 heteroatoms. The Hall–Kier alpha value is -3.94. The number of carbonyl (C=O) groups is 2. The van der Waals surface area contributed by atoms with Gasteiger partial charge in [-0.2, -0.15) is 5.10 Å². The van der Waals surface area contributed by atoms with Crippen LogP contribution in [0.1, 0.15) is 15.9 Å². The Morgan fingerprint density at radius 2 is 1.74 bits per heavy atom. The lowest BCUT2D eigenvalue weighted by atomic mass is 10.0. The number of hydrazone groups is 1. The second-order valence-electron chi connectivity index (χ2n) is 7.25. The summed E-state index contributed by atoms with van der Waals surface area (Å²) >= 11 is 12.0. The Kier molecular flexibility index (Phi) is 7.60. The summed E-state index contributed by atoms with van der Waals surface area (Å²) in [6, 6.07) is 20.6. The standard InChI is InChI=1S/C26H17Cl2FN2O4/c27-17-6-11-21(23(28)13-17)26(33)35-24-12-5-16-3-1-2-4-20(16)22(24)14-30-31-25(32)15-34-19-9-7-18(29)8-10-19/h1-14H,15H2,(H,31,32)/b30-14-. The lowest BCUT2D eigenvalue weighted by Gasteiger charge is -2.11. The van der Waals surface area contributed by atoms with Crippen molar-refractivity contribution in [2.75, 3.05) is 6.61 Å². The molecule has 0 saturated heterocycles. The van der Waals surface area contributed by atoms with Crippen LogP contribution < -0.4 is 14.9 Å². The summed E-state index contributed by atoms with van der Waals surface area (Å²) < 4.78 is 23.9. The van der Waals surface area contributed by atoms with Crippen molar-refractivity contribution < 1.29 is 23.5 Å². The highest BCUT2D eigenvalue weighted by Crippen LogP contribution is 2.29. The summed E-state index contributed by atoms with van der Waals surface area (Å²) in [6.07, 6.45) is 1.38. The molecule has 0 aliphatic carbocycles. The molecule has 0 atom stereocenters. The molecule has 0 unspecified atom stereocenters. The zero-order valence-electron chi connectivity index (χ0n) is 18.0. The van der Waals surface area contributed by atoms with Crippen LogP contribution in [-0.2, 0) is 4.79 Å². The molecule has 4 aromatic carbocycles. The molecule has 0 fully saturated rings. The van der Waals surface area contributed by atoms with E-state index in [1.54, 1.807) is 12.1 Å². The van der Waals surface area contributed by atoms with Gasteiger partial charge in [-0.05, 0) is 59.3 Å². The summed E-state index contributed by atoms with van der Waals surface area (Å²) in [5, 5.41) is 6.17. The average molecular weight is 511 g/mol. The van der Waals surface area contributed by atoms with E-state index in [0.29, 0.717) is 16.3 Å². The van der Waals surface area contributed by atoms with Crippen molar-refractivity contribution in [3.05, 3.63) is 106 Å². The summed E-state index contributed by atoms with van der Waals surface area (Å²) in [6.45, 7) is -0.324. The van der Waals surface area contributed by atoms with Gasteiger partial charge in [0.25, 0.3) is 5.91 Å². The van der Waals surface area contributed by atoms with Gasteiger partial charge in [-0.15, -0.1) is 0 Å². The zero-order chi connectivity index (χ0) is 24.8. The predicted octanol–water partition coefficient (Wildman–Crippen LogP) is 6.03. The maximum atomic E-state index is 13.0. The highest BCUT2D eigenvalue weighted by atomic mass is 35.5. The van der Waals surface area contributed by atoms with Crippen LogP contribution >= 0.6 is 23.2 Å². The number of carbonyl (C=O) groups excluding carboxylic acids is 2. The van der Waals surface area contributed by atoms with E-state index >= 15 is 0 Å². The van der Waals surface area contributed by atoms with Gasteiger partial charge in [0.05, 0.1) is 16.8 Å². The lowest BCUT2D eigenvalue weighted by molar-refractivity contribution is -0.123. The number of benzene rings is 4. The Balaban J connectivity index is 1.52. The zero-order valence-corrected chi connectivity index (χ0v) is 19.5. The molecule has 4 aromatic rings. The normalized spacial score (nSPS) is 10.9. The Morgan fingerprint density at radius 3 is 2.51 bits per heavy atom. The first-order valence-electron chi connectivity index (χ1n) is 10.3. The Labute approximate surface area is 209 Å². The van der Waals surface area contributed by atoms with Crippen molar-refractivity contribution in [3.63, 3.8) is 0 Å². The molecule has 0 spiro atoms. The third-order valence-corrected chi connectivity index (χ3v) is 5.40. The maximum absolute atomic E-state index is 13.0. The molecule has 0 radical (unpaired) electrons. The molecule has 0 aliphatic rings. The monoisotopic (exact) mass is 510 g/mol. The van der Waals surface area contributed by atoms with E-state index in [4.69, 9.17) is 32.7 Å². The molecule has 1 N–H and O–H groups in total. The van der Waals surface area contributed by atoms with Gasteiger partial charge in [0, 0.05) is 10.6 Å². The SMILES string of the molecule is O=C(COc1ccc(F)cc1)N/N=C\c1c(OC(=O)c2ccc(Cl)cc2Cl)ccc2ccccc12. The first-order valence-corrected chi connectivity index (χ1v) is 11.1. The highest BCUT2D eigenvalue weighted by molar-refractivity contribution is 6.36. The molecular weight excluding hydrogens is 494 g/mol. The van der Waals surface area contributed by atoms with Gasteiger partial charge >= 0.3 is 5.97 Å². The van der Waals surface area contributed by atoms with E-state index in [-0.39, 0.29) is 22.9 Å². The fourth-order valence-corrected chi connectivity index (χ4v) is 3.67. The topological polar surface area (TPSA) is 77.0 Å². The number of amides is 1. The smallest absolute Gasteiger partial charge is 0.345 e. The minimum atomic E-state index is -0.673. The molecule has 1 amide bonds. The van der Waals surface area contributed by atoms with Gasteiger partial charge in [0.15, 0.2) is 6.61 Å². The summed E-state index contributed by atoms with van der Waals surface area (Å²) in [5.41, 5.74) is 2.98. The number of nitrogens with zero attached hydrogens (tertiary/aromatic N) is 1. The van der Waals surface area contributed by atoms with Crippen LogP contribution in [0.15, 0.2) is 84.0 Å². The van der Waals surface area contributed by atoms with E-state index in [1.165, 1.54) is 48.7 Å². The molecule has 35 heavy (non-hydrogen) atoms. The number of ether oxygens (including phenoxy) is 2. The van der Waals surface area contributed by atoms with E-state index in [0.717, 1.165) is 10.8 Å². The molecule has 0 bridgehead atoms. The molecular formula is C26H17Cl2FN2O4. The number of nitrogens with one attached hydrogen (secondary N) is 1. The lowest BCUT2D eigenvalue weighted by Crippen LogP contribution is -2.24. The predicted molar refractivity (Wildman–Crippen MR) is 133 cm³/mol. The summed E-state index contributed by atoms with van der Waals surface area (Å²) in [4.78, 5) is 24.9. The second-order valence-corrected chi connectivity index (χ2v) is 8.09. The summed E-state index contributed by atoms with van der Waals surface area (Å²) in [7, 11) is 0. The van der Waals surface area contributed by atoms with Crippen molar-refractivity contribution in [1.29, 1.82) is 0 Å². The van der Waals surface area contributed by atoms with Gasteiger partial charge in [0.2, 0.25) is 0 Å². The highest BCUT2D eigenvalue weighted by Gasteiger charge is 2.16. The van der Waals surface area contributed by atoms with Gasteiger partial charge in [-0.3, -0.25) is 4.79 Å². The first kappa shape index (κ1) is 24.2. The molecule has 4 rings (SSSR count). The van der Waals surface area contributed by atoms with Crippen LogP contribution in [0.2, 0.25) is 10.0 Å². The van der Waals surface area contributed by atoms with E-state index in [9.17, 15) is 14.0 Å². The second kappa shape index (κ2) is 11.0. The number of rotatable bonds is 7. The molecule has 0 aliphatic heterocycles. The first-order chi connectivity index (χ1) is 16.9. The van der Waals surface area contributed by atoms with Crippen molar-refractivity contribution in [2.24, 2.45) is 5.10 Å². The largest absolute Gasteiger partial charge is 0.484 e. The van der Waals surface area contributed by atoms with E-state index < -0.39 is 17.7 Å². The van der Waals surface area contributed by atoms with Gasteiger partial charge in [0.1, 0.15) is 17.3 Å². The van der Waals surface area contributed by atoms with Crippen LogP contribution in [0.25, 0.3) is 10.8 Å².